The average Bonchev–Trinajstić information content (AvgIpc) is 2.74. The second-order valence-corrected chi connectivity index (χ2v) is 6.38. The minimum atomic E-state index is 0.287. The van der Waals surface area contributed by atoms with Crippen molar-refractivity contribution in [3.8, 4) is 0 Å². The van der Waals surface area contributed by atoms with Crippen LogP contribution in [0.5, 0.6) is 0 Å². The number of hydrogen-bond donors (Lipinski definition) is 1. The van der Waals surface area contributed by atoms with E-state index in [4.69, 9.17) is 9.72 Å². The summed E-state index contributed by atoms with van der Waals surface area (Å²) in [6.07, 6.45) is 0.287. The summed E-state index contributed by atoms with van der Waals surface area (Å²) >= 11 is 1.82. The van der Waals surface area contributed by atoms with Crippen molar-refractivity contribution in [2.24, 2.45) is 0 Å². The van der Waals surface area contributed by atoms with E-state index in [0.717, 1.165) is 30.5 Å². The van der Waals surface area contributed by atoms with Gasteiger partial charge in [0.15, 0.2) is 5.13 Å². The van der Waals surface area contributed by atoms with Gasteiger partial charge in [0.2, 0.25) is 0 Å². The highest BCUT2D eigenvalue weighted by Crippen LogP contribution is 2.32. The third-order valence-electron chi connectivity index (χ3n) is 3.58. The Hall–Kier alpha value is -0.650. The fourth-order valence-corrected chi connectivity index (χ4v) is 3.69. The first kappa shape index (κ1) is 14.8. The molecule has 1 saturated heterocycles. The summed E-state index contributed by atoms with van der Waals surface area (Å²) in [6, 6.07) is 0.786. The molecule has 2 rings (SSSR count). The van der Waals surface area contributed by atoms with E-state index in [1.54, 1.807) is 0 Å². The molecule has 0 aliphatic carbocycles. The Labute approximate surface area is 120 Å². The predicted molar refractivity (Wildman–Crippen MR) is 81.2 cm³/mol. The molecular weight excluding hydrogens is 258 g/mol. The van der Waals surface area contributed by atoms with E-state index in [9.17, 15) is 0 Å². The number of nitrogens with zero attached hydrogens (tertiary/aromatic N) is 2. The standard InChI is InChI=1S/C14H25N3OS/c1-6-15-11(4)13-12(5)16-14(19-13)17-7-10(3)18-8-9(17)2/h9-11,15H,6-8H2,1-5H3. The Morgan fingerprint density at radius 3 is 2.95 bits per heavy atom. The van der Waals surface area contributed by atoms with Gasteiger partial charge >= 0.3 is 0 Å². The lowest BCUT2D eigenvalue weighted by molar-refractivity contribution is 0.0343. The molecule has 1 aliphatic heterocycles. The highest BCUT2D eigenvalue weighted by molar-refractivity contribution is 7.15. The lowest BCUT2D eigenvalue weighted by atomic mass is 10.2. The summed E-state index contributed by atoms with van der Waals surface area (Å²) in [4.78, 5) is 8.50. The first-order valence-electron chi connectivity index (χ1n) is 7.11. The number of anilines is 1. The van der Waals surface area contributed by atoms with Crippen LogP contribution in [0, 0.1) is 6.92 Å². The molecule has 1 fully saturated rings. The molecular formula is C14H25N3OS. The number of rotatable bonds is 4. The summed E-state index contributed by atoms with van der Waals surface area (Å²) in [6.45, 7) is 13.5. The number of nitrogens with one attached hydrogen (secondary N) is 1. The predicted octanol–water partition coefficient (Wildman–Crippen LogP) is 2.74. The smallest absolute Gasteiger partial charge is 0.186 e. The lowest BCUT2D eigenvalue weighted by Gasteiger charge is -2.36. The summed E-state index contributed by atoms with van der Waals surface area (Å²) in [5.41, 5.74) is 1.15. The van der Waals surface area contributed by atoms with Crippen molar-refractivity contribution in [1.82, 2.24) is 10.3 Å². The molecule has 0 amide bonds. The maximum atomic E-state index is 5.69. The number of aryl methyl sites for hydroxylation is 1. The van der Waals surface area contributed by atoms with E-state index in [2.05, 4.69) is 44.8 Å². The SMILES string of the molecule is CCNC(C)c1sc(N2CC(C)OCC2C)nc1C. The molecule has 5 heteroatoms. The Kier molecular flexibility index (Phi) is 4.81. The maximum absolute atomic E-state index is 5.69. The molecule has 3 unspecified atom stereocenters. The van der Waals surface area contributed by atoms with E-state index in [1.165, 1.54) is 4.88 Å². The summed E-state index contributed by atoms with van der Waals surface area (Å²) in [5, 5.41) is 4.60. The zero-order chi connectivity index (χ0) is 14.0. The summed E-state index contributed by atoms with van der Waals surface area (Å²) in [5.74, 6) is 0. The van der Waals surface area contributed by atoms with Gasteiger partial charge in [-0.1, -0.05) is 6.92 Å². The van der Waals surface area contributed by atoms with Gasteiger partial charge in [-0.3, -0.25) is 0 Å². The third-order valence-corrected chi connectivity index (χ3v) is 4.96. The Morgan fingerprint density at radius 2 is 2.26 bits per heavy atom. The molecule has 4 nitrogen and oxygen atoms in total. The van der Waals surface area contributed by atoms with Crippen LogP contribution in [0.1, 0.15) is 44.3 Å². The number of aromatic nitrogens is 1. The van der Waals surface area contributed by atoms with Gasteiger partial charge in [-0.2, -0.15) is 0 Å². The van der Waals surface area contributed by atoms with Crippen LogP contribution in [0.4, 0.5) is 5.13 Å². The van der Waals surface area contributed by atoms with Gasteiger partial charge in [-0.15, -0.1) is 11.3 Å². The molecule has 1 N–H and O–H groups in total. The van der Waals surface area contributed by atoms with Crippen LogP contribution in [0.15, 0.2) is 0 Å². The number of thiazole rings is 1. The van der Waals surface area contributed by atoms with Gasteiger partial charge in [0.05, 0.1) is 24.4 Å². The van der Waals surface area contributed by atoms with Crippen molar-refractivity contribution in [3.63, 3.8) is 0 Å². The van der Waals surface area contributed by atoms with Crippen LogP contribution in [0.3, 0.4) is 0 Å². The highest BCUT2D eigenvalue weighted by atomic mass is 32.1. The molecule has 1 aliphatic rings. The van der Waals surface area contributed by atoms with E-state index >= 15 is 0 Å². The molecule has 1 aromatic rings. The Morgan fingerprint density at radius 1 is 1.53 bits per heavy atom. The van der Waals surface area contributed by atoms with Gasteiger partial charge in [0.25, 0.3) is 0 Å². The van der Waals surface area contributed by atoms with E-state index in [1.807, 2.05) is 11.3 Å². The third kappa shape index (κ3) is 3.27. The maximum Gasteiger partial charge on any atom is 0.186 e. The summed E-state index contributed by atoms with van der Waals surface area (Å²) in [7, 11) is 0. The molecule has 2 heterocycles. The topological polar surface area (TPSA) is 37.4 Å². The minimum absolute atomic E-state index is 0.287. The quantitative estimate of drug-likeness (QED) is 0.922. The Balaban J connectivity index is 2.18. The van der Waals surface area contributed by atoms with Crippen LogP contribution in [-0.4, -0.2) is 36.8 Å². The molecule has 0 saturated carbocycles. The number of ether oxygens (including phenoxy) is 1. The zero-order valence-corrected chi connectivity index (χ0v) is 13.4. The second-order valence-electron chi connectivity index (χ2n) is 5.37. The average molecular weight is 283 g/mol. The van der Waals surface area contributed by atoms with Crippen LogP contribution in [0.2, 0.25) is 0 Å². The second kappa shape index (κ2) is 6.20. The molecule has 0 bridgehead atoms. The molecule has 108 valence electrons. The van der Waals surface area contributed by atoms with E-state index < -0.39 is 0 Å². The minimum Gasteiger partial charge on any atom is -0.375 e. The molecule has 0 aromatic carbocycles. The van der Waals surface area contributed by atoms with Crippen LogP contribution < -0.4 is 10.2 Å². The monoisotopic (exact) mass is 283 g/mol. The van der Waals surface area contributed by atoms with E-state index in [-0.39, 0.29) is 6.10 Å². The highest BCUT2D eigenvalue weighted by Gasteiger charge is 2.27. The van der Waals surface area contributed by atoms with Crippen molar-refractivity contribution in [2.75, 3.05) is 24.6 Å². The zero-order valence-electron chi connectivity index (χ0n) is 12.6. The van der Waals surface area contributed by atoms with Gasteiger partial charge in [0, 0.05) is 17.5 Å². The van der Waals surface area contributed by atoms with Crippen molar-refractivity contribution in [3.05, 3.63) is 10.6 Å². The van der Waals surface area contributed by atoms with Crippen LogP contribution in [0.25, 0.3) is 0 Å². The van der Waals surface area contributed by atoms with Crippen molar-refractivity contribution in [2.45, 2.75) is 52.8 Å². The number of hydrogen-bond acceptors (Lipinski definition) is 5. The largest absolute Gasteiger partial charge is 0.375 e. The molecule has 0 spiro atoms. The van der Waals surface area contributed by atoms with Crippen molar-refractivity contribution in [1.29, 1.82) is 0 Å². The first-order valence-corrected chi connectivity index (χ1v) is 7.93. The molecule has 3 atom stereocenters. The summed E-state index contributed by atoms with van der Waals surface area (Å²) < 4.78 is 5.69. The fraction of sp³-hybridized carbons (Fsp3) is 0.786. The fourth-order valence-electron chi connectivity index (χ4n) is 2.49. The van der Waals surface area contributed by atoms with Gasteiger partial charge < -0.3 is 15.0 Å². The van der Waals surface area contributed by atoms with Crippen molar-refractivity contribution < 1.29 is 4.74 Å². The van der Waals surface area contributed by atoms with Gasteiger partial charge in [-0.05, 0) is 34.2 Å². The molecule has 19 heavy (non-hydrogen) atoms. The normalized spacial score (nSPS) is 25.6. The van der Waals surface area contributed by atoms with Gasteiger partial charge in [-0.25, -0.2) is 4.98 Å². The Bertz CT molecular complexity index is 421. The van der Waals surface area contributed by atoms with Gasteiger partial charge in [0.1, 0.15) is 0 Å². The van der Waals surface area contributed by atoms with E-state index in [0.29, 0.717) is 12.1 Å². The van der Waals surface area contributed by atoms with Crippen LogP contribution >= 0.6 is 11.3 Å². The van der Waals surface area contributed by atoms with Crippen LogP contribution in [-0.2, 0) is 4.74 Å². The molecule has 1 aromatic heterocycles. The van der Waals surface area contributed by atoms with Crippen molar-refractivity contribution >= 4 is 16.5 Å². The lowest BCUT2D eigenvalue weighted by Crippen LogP contribution is -2.47. The first-order chi connectivity index (χ1) is 9.02. The number of morpholine rings is 1. The molecule has 0 radical (unpaired) electrons.